The van der Waals surface area contributed by atoms with Gasteiger partial charge in [0.05, 0.1) is 19.2 Å². The Morgan fingerprint density at radius 2 is 1.97 bits per heavy atom. The van der Waals surface area contributed by atoms with E-state index in [1.54, 1.807) is 25.3 Å². The van der Waals surface area contributed by atoms with Gasteiger partial charge in [-0.15, -0.1) is 0 Å². The Kier molecular flexibility index (Phi) is 8.34. The lowest BCUT2D eigenvalue weighted by molar-refractivity contribution is -0.120. The van der Waals surface area contributed by atoms with Crippen LogP contribution in [0.25, 0.3) is 0 Å². The molecule has 3 N–H and O–H groups in total. The van der Waals surface area contributed by atoms with Gasteiger partial charge in [0.15, 0.2) is 0 Å². The quantitative estimate of drug-likeness (QED) is 0.371. The summed E-state index contributed by atoms with van der Waals surface area (Å²) in [6.07, 6.45) is 1.50. The summed E-state index contributed by atoms with van der Waals surface area (Å²) >= 11 is 6.06. The fourth-order valence-corrected chi connectivity index (χ4v) is 3.56. The Hall–Kier alpha value is -3.49. The number of aryl methyl sites for hydroxylation is 1. The molecule has 1 amide bonds. The van der Waals surface area contributed by atoms with Gasteiger partial charge in [-0.05, 0) is 35.7 Å². The number of nitrogens with one attached hydrogen (secondary N) is 1. The summed E-state index contributed by atoms with van der Waals surface area (Å²) in [6, 6.07) is 14.7. The Bertz CT molecular complexity index is 1210. The van der Waals surface area contributed by atoms with E-state index in [-0.39, 0.29) is 31.0 Å². The lowest BCUT2D eigenvalue weighted by Gasteiger charge is -2.12. The van der Waals surface area contributed by atoms with Crippen LogP contribution in [0.3, 0.4) is 0 Å². The highest BCUT2D eigenvalue weighted by molar-refractivity contribution is 6.30. The number of aromatic nitrogens is 2. The lowest BCUT2D eigenvalue weighted by atomic mass is 10.1. The molecule has 0 aliphatic heterocycles. The zero-order valence-corrected chi connectivity index (χ0v) is 19.3. The molecule has 0 radical (unpaired) electrons. The number of rotatable bonds is 9. The molecule has 0 spiro atoms. The number of benzene rings is 2. The minimum atomic E-state index is -0.352. The Morgan fingerprint density at radius 1 is 1.21 bits per heavy atom. The molecule has 0 aliphatic carbocycles. The summed E-state index contributed by atoms with van der Waals surface area (Å²) in [7, 11) is 1.44. The molecule has 2 aromatic carbocycles. The molecule has 33 heavy (non-hydrogen) atoms. The van der Waals surface area contributed by atoms with Crippen LogP contribution < -0.4 is 16.6 Å². The van der Waals surface area contributed by atoms with Crippen molar-refractivity contribution in [2.24, 2.45) is 10.9 Å². The van der Waals surface area contributed by atoms with Crippen molar-refractivity contribution in [3.8, 4) is 0 Å². The molecule has 0 atom stereocenters. The van der Waals surface area contributed by atoms with E-state index in [2.05, 4.69) is 15.6 Å². The summed E-state index contributed by atoms with van der Waals surface area (Å²) in [6.45, 7) is 2.46. The Morgan fingerprint density at radius 3 is 2.67 bits per heavy atom. The zero-order chi connectivity index (χ0) is 23.8. The largest absolute Gasteiger partial charge is 0.399 e. The van der Waals surface area contributed by atoms with Crippen LogP contribution in [0, 0.1) is 6.92 Å². The molecule has 0 fully saturated rings. The van der Waals surface area contributed by atoms with Crippen molar-refractivity contribution in [2.45, 2.75) is 33.0 Å². The maximum absolute atomic E-state index is 13.1. The van der Waals surface area contributed by atoms with Crippen LogP contribution in [0.4, 0.5) is 0 Å². The van der Waals surface area contributed by atoms with Crippen LogP contribution in [-0.2, 0) is 35.7 Å². The van der Waals surface area contributed by atoms with Gasteiger partial charge >= 0.3 is 0 Å². The second-order valence-electron chi connectivity index (χ2n) is 7.43. The Balaban J connectivity index is 1.77. The molecule has 3 aromatic rings. The monoisotopic (exact) mass is 467 g/mol. The first-order chi connectivity index (χ1) is 15.9. The second-order valence-corrected chi connectivity index (χ2v) is 7.86. The van der Waals surface area contributed by atoms with Crippen LogP contribution in [0.1, 0.15) is 27.8 Å². The van der Waals surface area contributed by atoms with Gasteiger partial charge in [0.25, 0.3) is 5.56 Å². The van der Waals surface area contributed by atoms with Crippen LogP contribution in [0.15, 0.2) is 64.7 Å². The number of carbonyl (C=O) groups is 1. The van der Waals surface area contributed by atoms with Crippen molar-refractivity contribution in [2.75, 3.05) is 7.11 Å². The number of halogens is 1. The predicted octanol–water partition coefficient (Wildman–Crippen LogP) is 2.57. The number of hydrogen-bond donors (Lipinski definition) is 2. The van der Waals surface area contributed by atoms with E-state index in [1.807, 2.05) is 36.4 Å². The van der Waals surface area contributed by atoms with E-state index in [1.165, 1.54) is 11.8 Å². The van der Waals surface area contributed by atoms with Crippen LogP contribution in [0.5, 0.6) is 0 Å². The highest BCUT2D eigenvalue weighted by atomic mass is 35.5. The van der Waals surface area contributed by atoms with Crippen LogP contribution >= 0.6 is 11.6 Å². The molecular formula is C24H26ClN5O3. The first kappa shape index (κ1) is 24.2. The SMILES string of the molecule is CON=C(Cn1ncc(C)c(CC(=O)NCc2cc(Cl)ccc2CN)c1=O)c1ccccc1. The molecule has 0 bridgehead atoms. The number of hydrogen-bond acceptors (Lipinski definition) is 6. The number of nitrogens with two attached hydrogens (primary N) is 1. The molecule has 9 heteroatoms. The molecule has 1 heterocycles. The molecule has 172 valence electrons. The summed E-state index contributed by atoms with van der Waals surface area (Å²) < 4.78 is 1.28. The highest BCUT2D eigenvalue weighted by Gasteiger charge is 2.15. The minimum Gasteiger partial charge on any atom is -0.399 e. The van der Waals surface area contributed by atoms with E-state index in [9.17, 15) is 9.59 Å². The first-order valence-electron chi connectivity index (χ1n) is 10.4. The molecule has 0 saturated heterocycles. The topological polar surface area (TPSA) is 112 Å². The van der Waals surface area contributed by atoms with Crippen molar-refractivity contribution in [1.29, 1.82) is 0 Å². The maximum Gasteiger partial charge on any atom is 0.271 e. The zero-order valence-electron chi connectivity index (χ0n) is 18.5. The average molecular weight is 468 g/mol. The van der Waals surface area contributed by atoms with Crippen LogP contribution in [-0.4, -0.2) is 28.5 Å². The van der Waals surface area contributed by atoms with Crippen molar-refractivity contribution in [3.63, 3.8) is 0 Å². The fourth-order valence-electron chi connectivity index (χ4n) is 3.37. The first-order valence-corrected chi connectivity index (χ1v) is 10.8. The minimum absolute atomic E-state index is 0.0756. The van der Waals surface area contributed by atoms with E-state index < -0.39 is 0 Å². The van der Waals surface area contributed by atoms with E-state index in [0.29, 0.717) is 28.4 Å². The average Bonchev–Trinajstić information content (AvgIpc) is 2.82. The van der Waals surface area contributed by atoms with Gasteiger partial charge in [0, 0.05) is 29.2 Å². The Labute approximate surface area is 197 Å². The van der Waals surface area contributed by atoms with Gasteiger partial charge in [-0.25, -0.2) is 4.68 Å². The van der Waals surface area contributed by atoms with Gasteiger partial charge in [-0.2, -0.15) is 5.10 Å². The molecule has 8 nitrogen and oxygen atoms in total. The summed E-state index contributed by atoms with van der Waals surface area (Å²) in [5.41, 5.74) is 9.52. The summed E-state index contributed by atoms with van der Waals surface area (Å²) in [5, 5.41) is 11.7. The third-order valence-corrected chi connectivity index (χ3v) is 5.40. The summed E-state index contributed by atoms with van der Waals surface area (Å²) in [4.78, 5) is 30.7. The van der Waals surface area contributed by atoms with Gasteiger partial charge in [-0.3, -0.25) is 9.59 Å². The lowest BCUT2D eigenvalue weighted by Crippen LogP contribution is -2.34. The van der Waals surface area contributed by atoms with E-state index in [0.717, 1.165) is 16.7 Å². The fraction of sp³-hybridized carbons (Fsp3) is 0.250. The smallest absolute Gasteiger partial charge is 0.271 e. The number of carbonyl (C=O) groups excluding carboxylic acids is 1. The van der Waals surface area contributed by atoms with Crippen LogP contribution in [0.2, 0.25) is 5.02 Å². The van der Waals surface area contributed by atoms with Gasteiger partial charge in [-0.1, -0.05) is 53.2 Å². The molecule has 0 saturated carbocycles. The maximum atomic E-state index is 13.1. The third-order valence-electron chi connectivity index (χ3n) is 5.17. The molecular weight excluding hydrogens is 442 g/mol. The normalized spacial score (nSPS) is 11.3. The number of oxime groups is 1. The standard InChI is InChI=1S/C24H26ClN5O3/c1-16-13-28-30(15-22(29-33-2)17-6-4-3-5-7-17)24(32)21(16)11-23(31)27-14-19-10-20(25)9-8-18(19)12-26/h3-10,13H,11-12,14-15,26H2,1-2H3,(H,27,31). The number of amides is 1. The van der Waals surface area contributed by atoms with Crippen molar-refractivity contribution < 1.29 is 9.63 Å². The van der Waals surface area contributed by atoms with E-state index in [4.69, 9.17) is 22.2 Å². The molecule has 3 rings (SSSR count). The molecule has 0 aliphatic rings. The van der Waals surface area contributed by atoms with Crippen molar-refractivity contribution in [3.05, 3.63) is 97.9 Å². The second kappa shape index (κ2) is 11.4. The van der Waals surface area contributed by atoms with E-state index >= 15 is 0 Å². The third kappa shape index (κ3) is 6.27. The predicted molar refractivity (Wildman–Crippen MR) is 128 cm³/mol. The molecule has 0 unspecified atom stereocenters. The van der Waals surface area contributed by atoms with Gasteiger partial charge in [0.1, 0.15) is 12.8 Å². The highest BCUT2D eigenvalue weighted by Crippen LogP contribution is 2.16. The van der Waals surface area contributed by atoms with Crippen molar-refractivity contribution >= 4 is 23.2 Å². The summed E-state index contributed by atoms with van der Waals surface area (Å²) in [5.74, 6) is -0.287. The molecule has 1 aromatic heterocycles. The number of nitrogens with zero attached hydrogens (tertiary/aromatic N) is 3. The van der Waals surface area contributed by atoms with Gasteiger partial charge < -0.3 is 15.9 Å². The van der Waals surface area contributed by atoms with Gasteiger partial charge in [0.2, 0.25) is 5.91 Å². The van der Waals surface area contributed by atoms with Crippen molar-refractivity contribution in [1.82, 2.24) is 15.1 Å².